The summed E-state index contributed by atoms with van der Waals surface area (Å²) >= 11 is 6.09. The summed E-state index contributed by atoms with van der Waals surface area (Å²) in [4.78, 5) is 13.9. The van der Waals surface area contributed by atoms with Crippen LogP contribution in [0.15, 0.2) is 95.9 Å². The van der Waals surface area contributed by atoms with Gasteiger partial charge >= 0.3 is 0 Å². The van der Waals surface area contributed by atoms with Crippen molar-refractivity contribution in [2.45, 2.75) is 57.0 Å². The number of sulfonamides is 1. The predicted molar refractivity (Wildman–Crippen MR) is 161 cm³/mol. The summed E-state index contributed by atoms with van der Waals surface area (Å²) in [7, 11) is -4.01. The topological polar surface area (TPSA) is 66.5 Å². The van der Waals surface area contributed by atoms with Crippen molar-refractivity contribution in [2.75, 3.05) is 4.31 Å². The Balaban J connectivity index is 1.49. The Kier molecular flexibility index (Phi) is 8.29. The van der Waals surface area contributed by atoms with E-state index in [2.05, 4.69) is 23.5 Å². The number of aryl methyl sites for hydroxylation is 3. The number of nitrogens with one attached hydrogen (secondary N) is 1. The van der Waals surface area contributed by atoms with Crippen LogP contribution in [0.5, 0.6) is 0 Å². The second kappa shape index (κ2) is 11.9. The average molecular weight is 573 g/mol. The number of fused-ring (bicyclic) bond motifs is 1. The summed E-state index contributed by atoms with van der Waals surface area (Å²) in [5.41, 5.74) is 6.08. The van der Waals surface area contributed by atoms with Crippen LogP contribution < -0.4 is 9.62 Å². The van der Waals surface area contributed by atoms with Crippen molar-refractivity contribution in [3.8, 4) is 0 Å². The van der Waals surface area contributed by atoms with Crippen LogP contribution in [0, 0.1) is 6.92 Å². The number of benzene rings is 4. The maximum atomic E-state index is 14.0. The summed E-state index contributed by atoms with van der Waals surface area (Å²) in [5.74, 6) is -0.332. The van der Waals surface area contributed by atoms with Gasteiger partial charge in [0.05, 0.1) is 28.7 Å². The molecule has 1 aliphatic carbocycles. The lowest BCUT2D eigenvalue weighted by atomic mass is 9.89. The zero-order chi connectivity index (χ0) is 28.3. The van der Waals surface area contributed by atoms with Crippen LogP contribution in [0.4, 0.5) is 5.69 Å². The minimum Gasteiger partial charge on any atom is -0.345 e. The van der Waals surface area contributed by atoms with E-state index in [-0.39, 0.29) is 29.0 Å². The highest BCUT2D eigenvalue weighted by atomic mass is 35.5. The highest BCUT2D eigenvalue weighted by Crippen LogP contribution is 2.31. The first-order chi connectivity index (χ1) is 19.2. The third kappa shape index (κ3) is 6.08. The second-order valence-electron chi connectivity index (χ2n) is 10.4. The van der Waals surface area contributed by atoms with Crippen molar-refractivity contribution in [1.82, 2.24) is 5.32 Å². The molecule has 0 unspecified atom stereocenters. The molecule has 0 heterocycles. The highest BCUT2D eigenvalue weighted by Gasteiger charge is 2.29. The van der Waals surface area contributed by atoms with Crippen LogP contribution in [-0.4, -0.2) is 14.3 Å². The van der Waals surface area contributed by atoms with Gasteiger partial charge in [-0.2, -0.15) is 0 Å². The normalized spacial score (nSPS) is 13.8. The number of anilines is 1. The molecule has 1 aliphatic rings. The van der Waals surface area contributed by atoms with Gasteiger partial charge in [0.2, 0.25) is 0 Å². The van der Waals surface area contributed by atoms with Crippen LogP contribution in [0.2, 0.25) is 5.02 Å². The third-order valence-electron chi connectivity index (χ3n) is 7.49. The summed E-state index contributed by atoms with van der Waals surface area (Å²) in [5, 5.41) is 3.67. The molecule has 0 fully saturated rings. The molecule has 0 saturated heterocycles. The lowest BCUT2D eigenvalue weighted by molar-refractivity contribution is 0.0940. The molecule has 0 aromatic heterocycles. The molecule has 1 atom stereocenters. The van der Waals surface area contributed by atoms with Crippen LogP contribution >= 0.6 is 11.6 Å². The zero-order valence-corrected chi connectivity index (χ0v) is 24.3. The molecule has 4 aromatic rings. The van der Waals surface area contributed by atoms with E-state index in [9.17, 15) is 13.2 Å². The van der Waals surface area contributed by atoms with Gasteiger partial charge in [-0.25, -0.2) is 8.42 Å². The number of halogens is 1. The van der Waals surface area contributed by atoms with E-state index in [1.54, 1.807) is 72.8 Å². The molecule has 1 amide bonds. The van der Waals surface area contributed by atoms with E-state index in [0.29, 0.717) is 10.7 Å². The highest BCUT2D eigenvalue weighted by molar-refractivity contribution is 7.92. The number of hydrogen-bond donors (Lipinski definition) is 1. The monoisotopic (exact) mass is 572 g/mol. The Morgan fingerprint density at radius 2 is 1.57 bits per heavy atom. The van der Waals surface area contributed by atoms with E-state index >= 15 is 0 Å². The van der Waals surface area contributed by atoms with Gasteiger partial charge in [0.1, 0.15) is 0 Å². The lowest BCUT2D eigenvalue weighted by Crippen LogP contribution is -2.34. The Hall–Kier alpha value is -3.61. The van der Waals surface area contributed by atoms with E-state index < -0.39 is 10.0 Å². The fourth-order valence-corrected chi connectivity index (χ4v) is 6.75. The molecule has 0 radical (unpaired) electrons. The van der Waals surface area contributed by atoms with Crippen LogP contribution in [0.25, 0.3) is 0 Å². The number of carbonyl (C=O) groups is 1. The van der Waals surface area contributed by atoms with Gasteiger partial charge in [-0.1, -0.05) is 71.8 Å². The predicted octanol–water partition coefficient (Wildman–Crippen LogP) is 7.41. The van der Waals surface area contributed by atoms with Crippen molar-refractivity contribution < 1.29 is 13.2 Å². The van der Waals surface area contributed by atoms with Gasteiger partial charge in [0, 0.05) is 5.02 Å². The largest absolute Gasteiger partial charge is 0.345 e. The van der Waals surface area contributed by atoms with E-state index in [0.717, 1.165) is 29.5 Å². The van der Waals surface area contributed by atoms with Crippen molar-refractivity contribution in [3.63, 3.8) is 0 Å². The second-order valence-corrected chi connectivity index (χ2v) is 12.7. The van der Waals surface area contributed by atoms with Crippen LogP contribution in [0.3, 0.4) is 0 Å². The lowest BCUT2D eigenvalue weighted by Gasteiger charge is -2.27. The average Bonchev–Trinajstić information content (AvgIpc) is 2.96. The molecule has 4 aromatic carbocycles. The van der Waals surface area contributed by atoms with Gasteiger partial charge in [-0.05, 0) is 98.2 Å². The Bertz CT molecular complexity index is 1620. The molecule has 0 saturated carbocycles. The Labute approximate surface area is 241 Å². The summed E-state index contributed by atoms with van der Waals surface area (Å²) in [6.45, 7) is 3.91. The van der Waals surface area contributed by atoms with Crippen LogP contribution in [-0.2, 0) is 29.4 Å². The van der Waals surface area contributed by atoms with Gasteiger partial charge < -0.3 is 5.32 Å². The molecule has 0 bridgehead atoms. The van der Waals surface area contributed by atoms with Gasteiger partial charge in [0.25, 0.3) is 15.9 Å². The number of amides is 1. The quantitative estimate of drug-likeness (QED) is 0.239. The Morgan fingerprint density at radius 3 is 2.30 bits per heavy atom. The third-order valence-corrected chi connectivity index (χ3v) is 9.51. The minimum atomic E-state index is -4.01. The SMILES string of the molecule is Cc1ccc(S(=O)(=O)N(Cc2ccc(Cl)cc2)c2ccccc2C(=O)N[C@H](C)c2ccc3c(c2)CCCC3)cc1. The number of para-hydroxylation sites is 1. The first-order valence-electron chi connectivity index (χ1n) is 13.6. The maximum Gasteiger partial charge on any atom is 0.264 e. The molecule has 206 valence electrons. The summed E-state index contributed by atoms with van der Waals surface area (Å²) in [6, 6.07) is 26.8. The molecule has 5 rings (SSSR count). The Morgan fingerprint density at radius 1 is 0.900 bits per heavy atom. The van der Waals surface area contributed by atoms with Crippen molar-refractivity contribution in [1.29, 1.82) is 0 Å². The first-order valence-corrected chi connectivity index (χ1v) is 15.4. The standard InChI is InChI=1S/C33H33ClN2O3S/c1-23-11-19-30(20-12-23)40(38,39)36(22-25-13-17-29(34)18-14-25)32-10-6-5-9-31(32)33(37)35-24(2)27-16-15-26-7-3-4-8-28(26)21-27/h5-6,9-21,24H,3-4,7-8,22H2,1-2H3,(H,35,37)/t24-/m1/s1. The van der Waals surface area contributed by atoms with Gasteiger partial charge in [-0.3, -0.25) is 9.10 Å². The fraction of sp³-hybridized carbons (Fsp3) is 0.242. The number of nitrogens with zero attached hydrogens (tertiary/aromatic N) is 1. The smallest absolute Gasteiger partial charge is 0.264 e. The molecule has 1 N–H and O–H groups in total. The van der Waals surface area contributed by atoms with Crippen molar-refractivity contribution in [2.24, 2.45) is 0 Å². The maximum absolute atomic E-state index is 14.0. The number of rotatable bonds is 8. The van der Waals surface area contributed by atoms with Crippen LogP contribution in [0.1, 0.15) is 64.0 Å². The van der Waals surface area contributed by atoms with E-state index in [4.69, 9.17) is 11.6 Å². The molecule has 0 aliphatic heterocycles. The molecular weight excluding hydrogens is 540 g/mol. The minimum absolute atomic E-state index is 0.0397. The number of hydrogen-bond acceptors (Lipinski definition) is 3. The molecule has 0 spiro atoms. The van der Waals surface area contributed by atoms with E-state index in [1.807, 2.05) is 13.8 Å². The first kappa shape index (κ1) is 27.9. The summed E-state index contributed by atoms with van der Waals surface area (Å²) in [6.07, 6.45) is 4.56. The van der Waals surface area contributed by atoms with Gasteiger partial charge in [0.15, 0.2) is 0 Å². The molecular formula is C33H33ClN2O3S. The van der Waals surface area contributed by atoms with Crippen molar-refractivity contribution in [3.05, 3.63) is 129 Å². The van der Waals surface area contributed by atoms with Gasteiger partial charge in [-0.15, -0.1) is 0 Å². The molecule has 40 heavy (non-hydrogen) atoms. The number of carbonyl (C=O) groups excluding carboxylic acids is 1. The molecule has 5 nitrogen and oxygen atoms in total. The molecule has 7 heteroatoms. The fourth-order valence-electron chi connectivity index (χ4n) is 5.16. The summed E-state index contributed by atoms with van der Waals surface area (Å²) < 4.78 is 29.4. The van der Waals surface area contributed by atoms with E-state index in [1.165, 1.54) is 28.3 Å². The zero-order valence-electron chi connectivity index (χ0n) is 22.7. The van der Waals surface area contributed by atoms with Crippen molar-refractivity contribution >= 4 is 33.2 Å².